The molecule has 0 radical (unpaired) electrons. The third kappa shape index (κ3) is 4.03. The molecule has 4 nitrogen and oxygen atoms in total. The van der Waals surface area contributed by atoms with E-state index in [1.807, 2.05) is 44.3 Å². The average molecular weight is 257 g/mol. The maximum absolute atomic E-state index is 5.81. The molecule has 2 aromatic rings. The molecular weight excluding hydrogens is 238 g/mol. The number of ether oxygens (including phenoxy) is 1. The fourth-order valence-corrected chi connectivity index (χ4v) is 1.83. The number of aromatic nitrogens is 2. The van der Waals surface area contributed by atoms with Gasteiger partial charge in [0.15, 0.2) is 0 Å². The van der Waals surface area contributed by atoms with Crippen LogP contribution >= 0.6 is 0 Å². The zero-order valence-corrected chi connectivity index (χ0v) is 11.4. The molecule has 0 saturated carbocycles. The lowest BCUT2D eigenvalue weighted by atomic mass is 10.2. The lowest BCUT2D eigenvalue weighted by Crippen LogP contribution is -2.11. The summed E-state index contributed by atoms with van der Waals surface area (Å²) in [6.45, 7) is 3.30. The van der Waals surface area contributed by atoms with E-state index < -0.39 is 0 Å². The maximum Gasteiger partial charge on any atom is 0.142 e. The van der Waals surface area contributed by atoms with Crippen molar-refractivity contribution in [1.29, 1.82) is 0 Å². The molecule has 19 heavy (non-hydrogen) atoms. The summed E-state index contributed by atoms with van der Waals surface area (Å²) in [6.07, 6.45) is 2.60. The van der Waals surface area contributed by atoms with Crippen LogP contribution in [0.4, 0.5) is 0 Å². The zero-order chi connectivity index (χ0) is 13.5. The highest BCUT2D eigenvalue weighted by Crippen LogP contribution is 2.17. The Morgan fingerprint density at radius 1 is 1.21 bits per heavy atom. The number of rotatable bonds is 6. The SMILES string of the molecule is CNCc1nc(C)ccc1OCCc1ccccn1. The van der Waals surface area contributed by atoms with Crippen LogP contribution in [0.15, 0.2) is 36.5 Å². The zero-order valence-electron chi connectivity index (χ0n) is 11.4. The fraction of sp³-hybridized carbons (Fsp3) is 0.333. The van der Waals surface area contributed by atoms with Gasteiger partial charge in [0.2, 0.25) is 0 Å². The van der Waals surface area contributed by atoms with Crippen LogP contribution in [0.25, 0.3) is 0 Å². The van der Waals surface area contributed by atoms with Gasteiger partial charge in [0, 0.05) is 30.6 Å². The smallest absolute Gasteiger partial charge is 0.142 e. The van der Waals surface area contributed by atoms with Crippen LogP contribution in [-0.2, 0) is 13.0 Å². The van der Waals surface area contributed by atoms with Crippen molar-refractivity contribution in [1.82, 2.24) is 15.3 Å². The Hall–Kier alpha value is -1.94. The van der Waals surface area contributed by atoms with Crippen molar-refractivity contribution < 1.29 is 4.74 Å². The Morgan fingerprint density at radius 2 is 2.11 bits per heavy atom. The molecule has 0 aliphatic carbocycles. The Morgan fingerprint density at radius 3 is 2.84 bits per heavy atom. The summed E-state index contributed by atoms with van der Waals surface area (Å²) in [7, 11) is 1.90. The van der Waals surface area contributed by atoms with E-state index in [0.717, 1.165) is 29.3 Å². The monoisotopic (exact) mass is 257 g/mol. The molecule has 0 aliphatic heterocycles. The predicted molar refractivity (Wildman–Crippen MR) is 75.2 cm³/mol. The van der Waals surface area contributed by atoms with Crippen LogP contribution in [0.2, 0.25) is 0 Å². The van der Waals surface area contributed by atoms with Gasteiger partial charge in [-0.2, -0.15) is 0 Å². The second-order valence-corrected chi connectivity index (χ2v) is 4.35. The van der Waals surface area contributed by atoms with Gasteiger partial charge in [-0.25, -0.2) is 0 Å². The largest absolute Gasteiger partial charge is 0.491 e. The Labute approximate surface area is 113 Å². The van der Waals surface area contributed by atoms with Crippen LogP contribution in [0.3, 0.4) is 0 Å². The van der Waals surface area contributed by atoms with Crippen molar-refractivity contribution in [3.63, 3.8) is 0 Å². The number of nitrogens with one attached hydrogen (secondary N) is 1. The summed E-state index contributed by atoms with van der Waals surface area (Å²) in [5, 5.41) is 3.10. The molecule has 1 N–H and O–H groups in total. The van der Waals surface area contributed by atoms with E-state index in [2.05, 4.69) is 15.3 Å². The van der Waals surface area contributed by atoms with Gasteiger partial charge in [-0.05, 0) is 38.2 Å². The molecule has 0 bridgehead atoms. The summed E-state index contributed by atoms with van der Waals surface area (Å²) in [6, 6.07) is 9.86. The third-order valence-corrected chi connectivity index (χ3v) is 2.76. The first-order valence-electron chi connectivity index (χ1n) is 6.43. The third-order valence-electron chi connectivity index (χ3n) is 2.76. The van der Waals surface area contributed by atoms with Gasteiger partial charge in [0.25, 0.3) is 0 Å². The molecule has 2 rings (SSSR count). The number of pyridine rings is 2. The highest BCUT2D eigenvalue weighted by molar-refractivity contribution is 5.29. The molecule has 0 atom stereocenters. The molecule has 0 aliphatic rings. The molecular formula is C15H19N3O. The van der Waals surface area contributed by atoms with E-state index in [9.17, 15) is 0 Å². The van der Waals surface area contributed by atoms with E-state index >= 15 is 0 Å². The van der Waals surface area contributed by atoms with E-state index in [4.69, 9.17) is 4.74 Å². The minimum atomic E-state index is 0.610. The van der Waals surface area contributed by atoms with E-state index in [0.29, 0.717) is 13.2 Å². The molecule has 4 heteroatoms. The quantitative estimate of drug-likeness (QED) is 0.861. The van der Waals surface area contributed by atoms with Crippen molar-refractivity contribution >= 4 is 0 Å². The van der Waals surface area contributed by atoms with Gasteiger partial charge in [0.1, 0.15) is 5.75 Å². The van der Waals surface area contributed by atoms with Gasteiger partial charge in [-0.3, -0.25) is 9.97 Å². The van der Waals surface area contributed by atoms with Gasteiger partial charge in [-0.1, -0.05) is 6.07 Å². The Balaban J connectivity index is 1.95. The first kappa shape index (κ1) is 13.5. The molecule has 0 unspecified atom stereocenters. The average Bonchev–Trinajstić information content (AvgIpc) is 2.43. The molecule has 0 spiro atoms. The van der Waals surface area contributed by atoms with E-state index in [1.54, 1.807) is 6.20 Å². The summed E-state index contributed by atoms with van der Waals surface area (Å²) in [5.74, 6) is 0.843. The standard InChI is InChI=1S/C15H19N3O/c1-12-6-7-15(14(18-12)11-16-2)19-10-8-13-5-3-4-9-17-13/h3-7,9,16H,8,10-11H2,1-2H3. The van der Waals surface area contributed by atoms with Crippen LogP contribution in [-0.4, -0.2) is 23.6 Å². The Bertz CT molecular complexity index is 514. The fourth-order valence-electron chi connectivity index (χ4n) is 1.83. The highest BCUT2D eigenvalue weighted by atomic mass is 16.5. The highest BCUT2D eigenvalue weighted by Gasteiger charge is 2.05. The van der Waals surface area contributed by atoms with Gasteiger partial charge in [0.05, 0.1) is 12.3 Å². The van der Waals surface area contributed by atoms with Crippen molar-refractivity contribution in [2.75, 3.05) is 13.7 Å². The molecule has 2 heterocycles. The normalized spacial score (nSPS) is 10.4. The lowest BCUT2D eigenvalue weighted by Gasteiger charge is -2.11. The number of hydrogen-bond acceptors (Lipinski definition) is 4. The molecule has 100 valence electrons. The molecule has 0 amide bonds. The van der Waals surface area contributed by atoms with E-state index in [-0.39, 0.29) is 0 Å². The summed E-state index contributed by atoms with van der Waals surface area (Å²) < 4.78 is 5.81. The van der Waals surface area contributed by atoms with Crippen LogP contribution in [0, 0.1) is 6.92 Å². The van der Waals surface area contributed by atoms with Gasteiger partial charge < -0.3 is 10.1 Å². The second kappa shape index (κ2) is 6.85. The summed E-state index contributed by atoms with van der Waals surface area (Å²) in [5.41, 5.74) is 2.99. The first-order valence-corrected chi connectivity index (χ1v) is 6.43. The van der Waals surface area contributed by atoms with Crippen molar-refractivity contribution in [3.8, 4) is 5.75 Å². The number of hydrogen-bond donors (Lipinski definition) is 1. The van der Waals surface area contributed by atoms with Crippen LogP contribution in [0.1, 0.15) is 17.1 Å². The van der Waals surface area contributed by atoms with Crippen LogP contribution < -0.4 is 10.1 Å². The molecule has 2 aromatic heterocycles. The Kier molecular flexibility index (Phi) is 4.86. The maximum atomic E-state index is 5.81. The van der Waals surface area contributed by atoms with Crippen molar-refractivity contribution in [2.45, 2.75) is 19.9 Å². The minimum absolute atomic E-state index is 0.610. The predicted octanol–water partition coefficient (Wildman–Crippen LogP) is 2.13. The number of nitrogens with zero attached hydrogens (tertiary/aromatic N) is 2. The van der Waals surface area contributed by atoms with Gasteiger partial charge >= 0.3 is 0 Å². The van der Waals surface area contributed by atoms with E-state index in [1.165, 1.54) is 0 Å². The lowest BCUT2D eigenvalue weighted by molar-refractivity contribution is 0.314. The second-order valence-electron chi connectivity index (χ2n) is 4.35. The topological polar surface area (TPSA) is 47.0 Å². The molecule has 0 fully saturated rings. The minimum Gasteiger partial charge on any atom is -0.491 e. The summed E-state index contributed by atoms with van der Waals surface area (Å²) in [4.78, 5) is 8.76. The first-order chi connectivity index (χ1) is 9.29. The van der Waals surface area contributed by atoms with Crippen LogP contribution in [0.5, 0.6) is 5.75 Å². The van der Waals surface area contributed by atoms with Crippen molar-refractivity contribution in [3.05, 3.63) is 53.6 Å². The number of aryl methyl sites for hydroxylation is 1. The summed E-state index contributed by atoms with van der Waals surface area (Å²) >= 11 is 0. The van der Waals surface area contributed by atoms with Crippen molar-refractivity contribution in [2.24, 2.45) is 0 Å². The molecule has 0 saturated heterocycles. The molecule has 0 aromatic carbocycles. The van der Waals surface area contributed by atoms with Gasteiger partial charge in [-0.15, -0.1) is 0 Å².